The zero-order valence-corrected chi connectivity index (χ0v) is 11.2. The molecule has 1 aromatic heterocycles. The average Bonchev–Trinajstić information content (AvgIpc) is 2.78. The number of aromatic nitrogens is 2. The molecule has 0 saturated heterocycles. The summed E-state index contributed by atoms with van der Waals surface area (Å²) in [6.07, 6.45) is 0.498. The normalized spacial score (nSPS) is 12.1. The van der Waals surface area contributed by atoms with E-state index in [1.54, 1.807) is 0 Å². The molecular formula is C11H17N5O2S. The van der Waals surface area contributed by atoms with Crippen LogP contribution in [-0.4, -0.2) is 38.0 Å². The molecule has 0 unspecified atom stereocenters. The van der Waals surface area contributed by atoms with E-state index in [9.17, 15) is 8.42 Å². The molecule has 7 nitrogen and oxygen atoms in total. The van der Waals surface area contributed by atoms with E-state index in [4.69, 9.17) is 5.73 Å². The number of para-hydroxylation sites is 2. The topological polar surface area (TPSA) is 113 Å². The van der Waals surface area contributed by atoms with E-state index < -0.39 is 10.2 Å². The summed E-state index contributed by atoms with van der Waals surface area (Å²) in [6.45, 7) is 0.768. The number of benzene rings is 1. The van der Waals surface area contributed by atoms with Crippen LogP contribution in [0.15, 0.2) is 24.3 Å². The summed E-state index contributed by atoms with van der Waals surface area (Å²) in [5.41, 5.74) is 7.05. The molecule has 0 radical (unpaired) electrons. The number of rotatable bonds is 7. The highest BCUT2D eigenvalue weighted by molar-refractivity contribution is 7.87. The van der Waals surface area contributed by atoms with Gasteiger partial charge in [-0.1, -0.05) is 12.1 Å². The van der Waals surface area contributed by atoms with Crippen molar-refractivity contribution in [1.29, 1.82) is 0 Å². The van der Waals surface area contributed by atoms with Crippen LogP contribution in [0.5, 0.6) is 0 Å². The smallest absolute Gasteiger partial charge is 0.276 e. The SMILES string of the molecule is NCCNS(=O)(=O)NCCc1nc2ccccc2[nH]1. The third-order valence-corrected chi connectivity index (χ3v) is 3.70. The van der Waals surface area contributed by atoms with Crippen LogP contribution in [0.2, 0.25) is 0 Å². The van der Waals surface area contributed by atoms with E-state index in [0.29, 0.717) is 6.42 Å². The predicted octanol–water partition coefficient (Wildman–Crippen LogP) is -0.512. The van der Waals surface area contributed by atoms with Gasteiger partial charge in [-0.2, -0.15) is 8.42 Å². The first kappa shape index (κ1) is 13.9. The molecule has 0 atom stereocenters. The maximum atomic E-state index is 11.4. The molecule has 0 fully saturated rings. The zero-order valence-electron chi connectivity index (χ0n) is 10.4. The van der Waals surface area contributed by atoms with Crippen LogP contribution < -0.4 is 15.2 Å². The van der Waals surface area contributed by atoms with Crippen molar-refractivity contribution in [3.05, 3.63) is 30.1 Å². The minimum Gasteiger partial charge on any atom is -0.342 e. The van der Waals surface area contributed by atoms with Crippen LogP contribution in [0.25, 0.3) is 11.0 Å². The van der Waals surface area contributed by atoms with E-state index in [-0.39, 0.29) is 19.6 Å². The lowest BCUT2D eigenvalue weighted by molar-refractivity contribution is 0.566. The molecule has 19 heavy (non-hydrogen) atoms. The number of nitrogens with one attached hydrogen (secondary N) is 3. The molecule has 5 N–H and O–H groups in total. The Hall–Kier alpha value is -1.48. The van der Waals surface area contributed by atoms with Gasteiger partial charge in [0.15, 0.2) is 0 Å². The van der Waals surface area contributed by atoms with Crippen molar-refractivity contribution in [3.8, 4) is 0 Å². The van der Waals surface area contributed by atoms with Crippen molar-refractivity contribution < 1.29 is 8.42 Å². The Balaban J connectivity index is 1.89. The molecule has 0 amide bonds. The van der Waals surface area contributed by atoms with Gasteiger partial charge >= 0.3 is 0 Å². The number of hydrogen-bond donors (Lipinski definition) is 4. The Bertz CT molecular complexity index is 604. The van der Waals surface area contributed by atoms with Crippen molar-refractivity contribution >= 4 is 21.2 Å². The lowest BCUT2D eigenvalue weighted by atomic mass is 10.3. The first-order valence-electron chi connectivity index (χ1n) is 5.99. The second kappa shape index (κ2) is 6.11. The fourth-order valence-electron chi connectivity index (χ4n) is 1.67. The fraction of sp³-hybridized carbons (Fsp3) is 0.364. The van der Waals surface area contributed by atoms with Gasteiger partial charge in [-0.3, -0.25) is 0 Å². The second-order valence-corrected chi connectivity index (χ2v) is 5.62. The minimum absolute atomic E-state index is 0.222. The van der Waals surface area contributed by atoms with E-state index >= 15 is 0 Å². The largest absolute Gasteiger partial charge is 0.342 e. The second-order valence-electron chi connectivity index (χ2n) is 4.03. The molecule has 0 aliphatic rings. The summed E-state index contributed by atoms with van der Waals surface area (Å²) >= 11 is 0. The highest BCUT2D eigenvalue weighted by Gasteiger charge is 2.08. The van der Waals surface area contributed by atoms with Gasteiger partial charge < -0.3 is 10.7 Å². The lowest BCUT2D eigenvalue weighted by Crippen LogP contribution is -2.39. The number of hydrogen-bond acceptors (Lipinski definition) is 4. The van der Waals surface area contributed by atoms with Gasteiger partial charge in [0.05, 0.1) is 11.0 Å². The first-order chi connectivity index (χ1) is 9.11. The van der Waals surface area contributed by atoms with Crippen LogP contribution >= 0.6 is 0 Å². The van der Waals surface area contributed by atoms with Crippen LogP contribution in [0.1, 0.15) is 5.82 Å². The standard InChI is InChI=1S/C11H17N5O2S/c12-6-8-14-19(17,18)13-7-5-11-15-9-3-1-2-4-10(9)16-11/h1-4,13-14H,5-8,12H2,(H,15,16). The number of nitrogens with two attached hydrogens (primary N) is 1. The highest BCUT2D eigenvalue weighted by atomic mass is 32.2. The summed E-state index contributed by atoms with van der Waals surface area (Å²) in [6, 6.07) is 7.66. The number of fused-ring (bicyclic) bond motifs is 1. The fourth-order valence-corrected chi connectivity index (χ4v) is 2.53. The molecule has 2 aromatic rings. The maximum Gasteiger partial charge on any atom is 0.276 e. The summed E-state index contributed by atoms with van der Waals surface area (Å²) < 4.78 is 27.6. The Kier molecular flexibility index (Phi) is 4.48. The molecule has 0 saturated carbocycles. The van der Waals surface area contributed by atoms with Crippen LogP contribution in [0, 0.1) is 0 Å². The van der Waals surface area contributed by atoms with E-state index in [1.807, 2.05) is 24.3 Å². The summed E-state index contributed by atoms with van der Waals surface area (Å²) in [5.74, 6) is 0.753. The van der Waals surface area contributed by atoms with Gasteiger partial charge in [-0.15, -0.1) is 0 Å². The van der Waals surface area contributed by atoms with Crippen LogP contribution in [0.3, 0.4) is 0 Å². The van der Waals surface area contributed by atoms with Crippen LogP contribution in [0.4, 0.5) is 0 Å². The third-order valence-electron chi connectivity index (χ3n) is 2.53. The van der Waals surface area contributed by atoms with Gasteiger partial charge in [0, 0.05) is 26.1 Å². The molecule has 1 aromatic carbocycles. The van der Waals surface area contributed by atoms with Gasteiger partial charge in [0.2, 0.25) is 0 Å². The number of aromatic amines is 1. The van der Waals surface area contributed by atoms with Crippen molar-refractivity contribution in [3.63, 3.8) is 0 Å². The minimum atomic E-state index is -3.47. The zero-order chi connectivity index (χ0) is 13.7. The van der Waals surface area contributed by atoms with E-state index in [2.05, 4.69) is 19.4 Å². The molecule has 104 valence electrons. The number of H-pyrrole nitrogens is 1. The highest BCUT2D eigenvalue weighted by Crippen LogP contribution is 2.10. The van der Waals surface area contributed by atoms with E-state index in [1.165, 1.54) is 0 Å². The van der Waals surface area contributed by atoms with Gasteiger partial charge in [-0.25, -0.2) is 14.4 Å². The molecule has 0 bridgehead atoms. The van der Waals surface area contributed by atoms with Gasteiger partial charge in [0.25, 0.3) is 10.2 Å². The average molecular weight is 283 g/mol. The molecule has 2 rings (SSSR count). The van der Waals surface area contributed by atoms with Crippen molar-refractivity contribution in [2.75, 3.05) is 19.6 Å². The molecular weight excluding hydrogens is 266 g/mol. The Morgan fingerprint density at radius 3 is 2.68 bits per heavy atom. The summed E-state index contributed by atoms with van der Waals surface area (Å²) in [5, 5.41) is 0. The maximum absolute atomic E-state index is 11.4. The summed E-state index contributed by atoms with van der Waals surface area (Å²) in [4.78, 5) is 7.50. The third kappa shape index (κ3) is 4.00. The van der Waals surface area contributed by atoms with Gasteiger partial charge in [-0.05, 0) is 12.1 Å². The van der Waals surface area contributed by atoms with Gasteiger partial charge in [0.1, 0.15) is 5.82 Å². The van der Waals surface area contributed by atoms with E-state index in [0.717, 1.165) is 16.9 Å². The Morgan fingerprint density at radius 1 is 1.21 bits per heavy atom. The number of imidazole rings is 1. The van der Waals surface area contributed by atoms with Crippen molar-refractivity contribution in [2.45, 2.75) is 6.42 Å². The molecule has 1 heterocycles. The lowest BCUT2D eigenvalue weighted by Gasteiger charge is -2.05. The molecule has 0 aliphatic heterocycles. The quantitative estimate of drug-likeness (QED) is 0.548. The first-order valence-corrected chi connectivity index (χ1v) is 7.47. The molecule has 0 aliphatic carbocycles. The van der Waals surface area contributed by atoms with Crippen molar-refractivity contribution in [1.82, 2.24) is 19.4 Å². The number of nitrogens with zero attached hydrogens (tertiary/aromatic N) is 1. The summed E-state index contributed by atoms with van der Waals surface area (Å²) in [7, 11) is -3.47. The predicted molar refractivity (Wildman–Crippen MR) is 73.8 cm³/mol. The molecule has 0 spiro atoms. The van der Waals surface area contributed by atoms with Crippen molar-refractivity contribution in [2.24, 2.45) is 5.73 Å². The Morgan fingerprint density at radius 2 is 1.95 bits per heavy atom. The Labute approximate surface area is 111 Å². The monoisotopic (exact) mass is 283 g/mol. The van der Waals surface area contributed by atoms with Crippen LogP contribution in [-0.2, 0) is 16.6 Å². The molecule has 8 heteroatoms.